The van der Waals surface area contributed by atoms with Crippen LogP contribution in [0.1, 0.15) is 6.92 Å². The molecule has 2 N–H and O–H groups in total. The predicted molar refractivity (Wildman–Crippen MR) is 105 cm³/mol. The summed E-state index contributed by atoms with van der Waals surface area (Å²) in [5.74, 6) is 0.446. The van der Waals surface area contributed by atoms with Gasteiger partial charge in [0.15, 0.2) is 6.61 Å². The molecule has 1 aliphatic rings. The van der Waals surface area contributed by atoms with Crippen LogP contribution in [-0.4, -0.2) is 45.2 Å². The molecule has 138 valence electrons. The van der Waals surface area contributed by atoms with Crippen molar-refractivity contribution in [3.05, 3.63) is 53.6 Å². The van der Waals surface area contributed by atoms with Crippen LogP contribution >= 0.6 is 11.6 Å². The molecule has 0 atom stereocenters. The number of quaternary nitrogens is 1. The molecule has 3 rings (SSSR count). The monoisotopic (exact) mass is 374 g/mol. The van der Waals surface area contributed by atoms with Gasteiger partial charge in [-0.25, -0.2) is 0 Å². The molecule has 0 unspecified atom stereocenters. The van der Waals surface area contributed by atoms with Crippen molar-refractivity contribution < 1.29 is 14.4 Å². The summed E-state index contributed by atoms with van der Waals surface area (Å²) in [7, 11) is 0. The summed E-state index contributed by atoms with van der Waals surface area (Å²) in [5, 5.41) is 3.62. The molecular weight excluding hydrogens is 350 g/mol. The fraction of sp³-hybridized carbons (Fsp3) is 0.350. The molecule has 0 saturated carbocycles. The van der Waals surface area contributed by atoms with E-state index in [9.17, 15) is 4.79 Å². The van der Waals surface area contributed by atoms with Crippen molar-refractivity contribution in [1.82, 2.24) is 0 Å². The number of halogens is 1. The number of anilines is 2. The third kappa shape index (κ3) is 4.90. The highest BCUT2D eigenvalue weighted by Crippen LogP contribution is 2.25. The first-order chi connectivity index (χ1) is 12.7. The zero-order valence-electron chi connectivity index (χ0n) is 15.0. The number of likely N-dealkylation sites (N-methyl/N-ethyl adjacent to an activating group) is 1. The van der Waals surface area contributed by atoms with Gasteiger partial charge in [0.1, 0.15) is 5.75 Å². The molecule has 1 amide bonds. The Morgan fingerprint density at radius 1 is 1.15 bits per heavy atom. The van der Waals surface area contributed by atoms with E-state index < -0.39 is 0 Å². The molecule has 1 heterocycles. The van der Waals surface area contributed by atoms with E-state index in [4.69, 9.17) is 16.3 Å². The number of hydrogen-bond donors (Lipinski definition) is 2. The van der Waals surface area contributed by atoms with Gasteiger partial charge < -0.3 is 19.9 Å². The number of nitrogens with one attached hydrogen (secondary N) is 2. The molecule has 1 saturated heterocycles. The predicted octanol–water partition coefficient (Wildman–Crippen LogP) is 2.08. The number of carbonyl (C=O) groups excluding carboxylic acids is 1. The Morgan fingerprint density at radius 2 is 1.85 bits per heavy atom. The Labute approximate surface area is 159 Å². The van der Waals surface area contributed by atoms with Crippen molar-refractivity contribution in [2.45, 2.75) is 6.92 Å². The maximum absolute atomic E-state index is 12.3. The second-order valence-electron chi connectivity index (χ2n) is 6.40. The highest BCUT2D eigenvalue weighted by atomic mass is 35.5. The summed E-state index contributed by atoms with van der Waals surface area (Å²) in [6, 6.07) is 14.9. The number of benzene rings is 2. The number of para-hydroxylation sites is 2. The minimum atomic E-state index is -0.176. The van der Waals surface area contributed by atoms with Gasteiger partial charge in [0.25, 0.3) is 5.91 Å². The Morgan fingerprint density at radius 3 is 2.54 bits per heavy atom. The molecule has 1 fully saturated rings. The van der Waals surface area contributed by atoms with Crippen LogP contribution in [0.2, 0.25) is 5.02 Å². The summed E-state index contributed by atoms with van der Waals surface area (Å²) < 4.78 is 5.52. The van der Waals surface area contributed by atoms with E-state index >= 15 is 0 Å². The standard InChI is InChI=1S/C20H24ClN3O2/c1-2-23-11-13-24(14-12-23)19-6-4-3-5-18(19)22-20(25)15-26-17-9-7-16(21)8-10-17/h3-10H,2,11-15H2,1H3,(H,22,25)/p+1. The SMILES string of the molecule is CC[NH+]1CCN(c2ccccc2NC(=O)COc2ccc(Cl)cc2)CC1. The molecule has 0 bridgehead atoms. The first-order valence-corrected chi connectivity index (χ1v) is 9.39. The van der Waals surface area contributed by atoms with Crippen LogP contribution in [0.15, 0.2) is 48.5 Å². The molecule has 1 aliphatic heterocycles. The van der Waals surface area contributed by atoms with Crippen molar-refractivity contribution in [1.29, 1.82) is 0 Å². The van der Waals surface area contributed by atoms with Gasteiger partial charge in [0, 0.05) is 5.02 Å². The Kier molecular flexibility index (Phi) is 6.36. The van der Waals surface area contributed by atoms with Crippen LogP contribution in [-0.2, 0) is 4.79 Å². The van der Waals surface area contributed by atoms with E-state index in [0.29, 0.717) is 10.8 Å². The topological polar surface area (TPSA) is 46.0 Å². The molecule has 0 aromatic heterocycles. The second-order valence-corrected chi connectivity index (χ2v) is 6.83. The number of ether oxygens (including phenoxy) is 1. The van der Waals surface area contributed by atoms with Crippen LogP contribution in [0.25, 0.3) is 0 Å². The largest absolute Gasteiger partial charge is 0.484 e. The lowest BCUT2D eigenvalue weighted by Gasteiger charge is -2.34. The molecule has 0 radical (unpaired) electrons. The Bertz CT molecular complexity index is 728. The lowest BCUT2D eigenvalue weighted by Crippen LogP contribution is -3.14. The summed E-state index contributed by atoms with van der Waals surface area (Å²) in [6.07, 6.45) is 0. The number of hydrogen-bond acceptors (Lipinski definition) is 3. The van der Waals surface area contributed by atoms with Crippen molar-refractivity contribution in [2.24, 2.45) is 0 Å². The van der Waals surface area contributed by atoms with Gasteiger partial charge >= 0.3 is 0 Å². The average Bonchev–Trinajstić information content (AvgIpc) is 2.68. The molecule has 2 aromatic rings. The van der Waals surface area contributed by atoms with Crippen LogP contribution in [0.4, 0.5) is 11.4 Å². The highest BCUT2D eigenvalue weighted by molar-refractivity contribution is 6.30. The molecule has 5 nitrogen and oxygen atoms in total. The normalized spacial score (nSPS) is 14.9. The molecular formula is C20H25ClN3O2+. The van der Waals surface area contributed by atoms with Gasteiger partial charge in [-0.05, 0) is 43.3 Å². The first kappa shape index (κ1) is 18.5. The van der Waals surface area contributed by atoms with Gasteiger partial charge in [-0.2, -0.15) is 0 Å². The van der Waals surface area contributed by atoms with E-state index in [0.717, 1.165) is 44.1 Å². The third-order valence-corrected chi connectivity index (χ3v) is 4.92. The summed E-state index contributed by atoms with van der Waals surface area (Å²) >= 11 is 5.85. The number of carbonyl (C=O) groups is 1. The highest BCUT2D eigenvalue weighted by Gasteiger charge is 2.21. The van der Waals surface area contributed by atoms with E-state index in [2.05, 4.69) is 23.2 Å². The van der Waals surface area contributed by atoms with Crippen LogP contribution in [0.5, 0.6) is 5.75 Å². The van der Waals surface area contributed by atoms with Crippen molar-refractivity contribution >= 4 is 28.9 Å². The van der Waals surface area contributed by atoms with Crippen LogP contribution in [0, 0.1) is 0 Å². The molecule has 2 aromatic carbocycles. The zero-order chi connectivity index (χ0) is 18.4. The van der Waals surface area contributed by atoms with Gasteiger partial charge in [0.2, 0.25) is 0 Å². The fourth-order valence-electron chi connectivity index (χ4n) is 3.14. The average molecular weight is 375 g/mol. The van der Waals surface area contributed by atoms with Gasteiger partial charge in [-0.3, -0.25) is 4.79 Å². The van der Waals surface area contributed by atoms with Crippen LogP contribution in [0.3, 0.4) is 0 Å². The molecule has 0 aliphatic carbocycles. The second kappa shape index (κ2) is 8.92. The Hall–Kier alpha value is -2.24. The number of nitrogens with zero attached hydrogens (tertiary/aromatic N) is 1. The smallest absolute Gasteiger partial charge is 0.262 e. The first-order valence-electron chi connectivity index (χ1n) is 9.01. The van der Waals surface area contributed by atoms with Gasteiger partial charge in [-0.15, -0.1) is 0 Å². The lowest BCUT2D eigenvalue weighted by atomic mass is 10.2. The van der Waals surface area contributed by atoms with E-state index in [1.807, 2.05) is 18.2 Å². The lowest BCUT2D eigenvalue weighted by molar-refractivity contribution is -0.898. The van der Waals surface area contributed by atoms with Crippen molar-refractivity contribution in [2.75, 3.05) is 49.5 Å². The van der Waals surface area contributed by atoms with E-state index in [1.54, 1.807) is 29.2 Å². The molecule has 26 heavy (non-hydrogen) atoms. The van der Waals surface area contributed by atoms with E-state index in [-0.39, 0.29) is 12.5 Å². The van der Waals surface area contributed by atoms with Gasteiger partial charge in [-0.1, -0.05) is 23.7 Å². The van der Waals surface area contributed by atoms with E-state index in [1.165, 1.54) is 0 Å². The van der Waals surface area contributed by atoms with Crippen molar-refractivity contribution in [3.8, 4) is 5.75 Å². The molecule has 0 spiro atoms. The van der Waals surface area contributed by atoms with Crippen LogP contribution < -0.4 is 19.9 Å². The third-order valence-electron chi connectivity index (χ3n) is 4.67. The summed E-state index contributed by atoms with van der Waals surface area (Å²) in [5.41, 5.74) is 1.90. The number of piperazine rings is 1. The maximum atomic E-state index is 12.3. The number of amides is 1. The maximum Gasteiger partial charge on any atom is 0.262 e. The van der Waals surface area contributed by atoms with Gasteiger partial charge in [0.05, 0.1) is 44.1 Å². The zero-order valence-corrected chi connectivity index (χ0v) is 15.8. The summed E-state index contributed by atoms with van der Waals surface area (Å²) in [6.45, 7) is 7.59. The fourth-order valence-corrected chi connectivity index (χ4v) is 3.26. The minimum Gasteiger partial charge on any atom is -0.484 e. The minimum absolute atomic E-state index is 0.0380. The van der Waals surface area contributed by atoms with Crippen molar-refractivity contribution in [3.63, 3.8) is 0 Å². The summed E-state index contributed by atoms with van der Waals surface area (Å²) in [4.78, 5) is 16.3. The quantitative estimate of drug-likeness (QED) is 0.813. The number of rotatable bonds is 6. The Balaban J connectivity index is 1.59. The molecule has 6 heteroatoms.